The maximum atomic E-state index is 11.7. The summed E-state index contributed by atoms with van der Waals surface area (Å²) in [5, 5.41) is 5.26. The summed E-state index contributed by atoms with van der Waals surface area (Å²) in [6, 6.07) is 3.65. The van der Waals surface area contributed by atoms with Crippen LogP contribution in [0.5, 0.6) is 0 Å². The third-order valence-electron chi connectivity index (χ3n) is 3.33. The molecule has 1 saturated heterocycles. The fraction of sp³-hybridized carbons (Fsp3) is 0.429. The standard InChI is InChI=1S/C14H17NO4S/c1-18-12(16)6-5-9-8-10(14(17)19-2)15-13(9)11-4-3-7-20-11/h3-7,9-10,13,15H,8H2,1-2H3/b6-5+/t9-,10+,13-/m0/s1. The molecule has 0 aliphatic carbocycles. The van der Waals surface area contributed by atoms with Gasteiger partial charge in [0.1, 0.15) is 6.04 Å². The van der Waals surface area contributed by atoms with E-state index in [0.29, 0.717) is 6.42 Å². The molecule has 0 aromatic carbocycles. The van der Waals surface area contributed by atoms with Gasteiger partial charge in [0.2, 0.25) is 0 Å². The van der Waals surface area contributed by atoms with Crippen molar-refractivity contribution >= 4 is 23.3 Å². The Hall–Kier alpha value is -1.66. The summed E-state index contributed by atoms with van der Waals surface area (Å²) in [6.07, 6.45) is 3.81. The van der Waals surface area contributed by atoms with E-state index >= 15 is 0 Å². The van der Waals surface area contributed by atoms with Crippen molar-refractivity contribution < 1.29 is 19.1 Å². The van der Waals surface area contributed by atoms with E-state index in [9.17, 15) is 9.59 Å². The Morgan fingerprint density at radius 1 is 1.40 bits per heavy atom. The van der Waals surface area contributed by atoms with Gasteiger partial charge in [-0.05, 0) is 23.8 Å². The first kappa shape index (κ1) is 14.7. The highest BCUT2D eigenvalue weighted by Gasteiger charge is 2.37. The molecule has 1 aliphatic heterocycles. The van der Waals surface area contributed by atoms with Gasteiger partial charge in [-0.2, -0.15) is 0 Å². The van der Waals surface area contributed by atoms with Gasteiger partial charge in [-0.25, -0.2) is 4.79 Å². The number of esters is 2. The summed E-state index contributed by atoms with van der Waals surface area (Å²) in [5.74, 6) is -0.617. The monoisotopic (exact) mass is 295 g/mol. The predicted molar refractivity (Wildman–Crippen MR) is 75.3 cm³/mol. The average molecular weight is 295 g/mol. The van der Waals surface area contributed by atoms with E-state index in [-0.39, 0.29) is 24.0 Å². The van der Waals surface area contributed by atoms with Crippen molar-refractivity contribution in [3.63, 3.8) is 0 Å². The van der Waals surface area contributed by atoms with Crippen LogP contribution in [0, 0.1) is 5.92 Å². The minimum atomic E-state index is -0.392. The van der Waals surface area contributed by atoms with Gasteiger partial charge in [-0.3, -0.25) is 10.1 Å². The molecule has 1 fully saturated rings. The lowest BCUT2D eigenvalue weighted by atomic mass is 9.97. The maximum Gasteiger partial charge on any atom is 0.330 e. The summed E-state index contributed by atoms with van der Waals surface area (Å²) in [5.41, 5.74) is 0. The van der Waals surface area contributed by atoms with Gasteiger partial charge < -0.3 is 9.47 Å². The molecule has 1 aromatic rings. The summed E-state index contributed by atoms with van der Waals surface area (Å²) in [6.45, 7) is 0. The van der Waals surface area contributed by atoms with Gasteiger partial charge in [-0.1, -0.05) is 12.1 Å². The highest BCUT2D eigenvalue weighted by atomic mass is 32.1. The Labute approximate surface area is 121 Å². The molecule has 0 bridgehead atoms. The molecule has 6 heteroatoms. The van der Waals surface area contributed by atoms with Gasteiger partial charge in [0.05, 0.1) is 14.2 Å². The van der Waals surface area contributed by atoms with Crippen LogP contribution < -0.4 is 5.32 Å². The van der Waals surface area contributed by atoms with Gasteiger partial charge in [0.15, 0.2) is 0 Å². The molecule has 1 aliphatic rings. The second-order valence-electron chi connectivity index (χ2n) is 4.52. The Morgan fingerprint density at radius 2 is 2.20 bits per heavy atom. The molecular weight excluding hydrogens is 278 g/mol. The fourth-order valence-corrected chi connectivity index (χ4v) is 3.21. The van der Waals surface area contributed by atoms with Crippen molar-refractivity contribution in [1.29, 1.82) is 0 Å². The molecule has 1 N–H and O–H groups in total. The lowest BCUT2D eigenvalue weighted by Gasteiger charge is -2.14. The zero-order valence-electron chi connectivity index (χ0n) is 11.4. The van der Waals surface area contributed by atoms with Gasteiger partial charge in [0.25, 0.3) is 0 Å². The molecule has 2 rings (SSSR count). The van der Waals surface area contributed by atoms with Gasteiger partial charge in [0, 0.05) is 17.0 Å². The smallest absolute Gasteiger partial charge is 0.330 e. The number of nitrogens with one attached hydrogen (secondary N) is 1. The normalized spacial score (nSPS) is 25.8. The Balaban J connectivity index is 2.15. The van der Waals surface area contributed by atoms with Crippen molar-refractivity contribution in [3.05, 3.63) is 34.5 Å². The summed E-state index contributed by atoms with van der Waals surface area (Å²) >= 11 is 1.62. The molecule has 2 heterocycles. The van der Waals surface area contributed by atoms with Gasteiger partial charge >= 0.3 is 11.9 Å². The van der Waals surface area contributed by atoms with Crippen LogP contribution in [-0.2, 0) is 19.1 Å². The molecule has 5 nitrogen and oxygen atoms in total. The van der Waals surface area contributed by atoms with E-state index in [1.165, 1.54) is 20.3 Å². The number of rotatable bonds is 4. The van der Waals surface area contributed by atoms with Crippen LogP contribution in [0.25, 0.3) is 0 Å². The maximum absolute atomic E-state index is 11.7. The van der Waals surface area contributed by atoms with E-state index in [4.69, 9.17) is 4.74 Å². The highest BCUT2D eigenvalue weighted by Crippen LogP contribution is 2.36. The van der Waals surface area contributed by atoms with E-state index in [2.05, 4.69) is 10.1 Å². The highest BCUT2D eigenvalue weighted by molar-refractivity contribution is 7.10. The third kappa shape index (κ3) is 3.26. The second kappa shape index (κ2) is 6.67. The Kier molecular flexibility index (Phi) is 4.92. The van der Waals surface area contributed by atoms with Crippen LogP contribution in [0.4, 0.5) is 0 Å². The third-order valence-corrected chi connectivity index (χ3v) is 4.29. The summed E-state index contributed by atoms with van der Waals surface area (Å²) in [4.78, 5) is 24.0. The molecule has 0 spiro atoms. The topological polar surface area (TPSA) is 64.6 Å². The van der Waals surface area contributed by atoms with E-state index in [1.807, 2.05) is 17.5 Å². The number of methoxy groups -OCH3 is 2. The molecule has 20 heavy (non-hydrogen) atoms. The molecule has 0 unspecified atom stereocenters. The van der Waals surface area contributed by atoms with Crippen LogP contribution in [-0.4, -0.2) is 32.2 Å². The zero-order chi connectivity index (χ0) is 14.5. The minimum absolute atomic E-state index is 0.0139. The number of carbonyl (C=O) groups excluding carboxylic acids is 2. The molecule has 0 radical (unpaired) electrons. The van der Waals surface area contributed by atoms with Crippen LogP contribution >= 0.6 is 11.3 Å². The molecule has 0 saturated carbocycles. The van der Waals surface area contributed by atoms with E-state index in [0.717, 1.165) is 4.88 Å². The summed E-state index contributed by atoms with van der Waals surface area (Å²) < 4.78 is 9.38. The quantitative estimate of drug-likeness (QED) is 0.676. The van der Waals surface area contributed by atoms with E-state index in [1.54, 1.807) is 17.4 Å². The van der Waals surface area contributed by atoms with E-state index < -0.39 is 5.97 Å². The lowest BCUT2D eigenvalue weighted by molar-refractivity contribution is -0.142. The minimum Gasteiger partial charge on any atom is -0.468 e. The fourth-order valence-electron chi connectivity index (χ4n) is 2.34. The van der Waals surface area contributed by atoms with Crippen LogP contribution in [0.15, 0.2) is 29.7 Å². The number of ether oxygens (including phenoxy) is 2. The second-order valence-corrected chi connectivity index (χ2v) is 5.50. The van der Waals surface area contributed by atoms with Crippen molar-refractivity contribution in [1.82, 2.24) is 5.32 Å². The van der Waals surface area contributed by atoms with Gasteiger partial charge in [-0.15, -0.1) is 11.3 Å². The lowest BCUT2D eigenvalue weighted by Crippen LogP contribution is -2.32. The van der Waals surface area contributed by atoms with Crippen molar-refractivity contribution in [2.45, 2.75) is 18.5 Å². The number of hydrogen-bond acceptors (Lipinski definition) is 6. The van der Waals surface area contributed by atoms with Crippen LogP contribution in [0.2, 0.25) is 0 Å². The predicted octanol–water partition coefficient (Wildman–Crippen LogP) is 1.67. The van der Waals surface area contributed by atoms with Crippen LogP contribution in [0.1, 0.15) is 17.3 Å². The van der Waals surface area contributed by atoms with Crippen molar-refractivity contribution in [3.8, 4) is 0 Å². The van der Waals surface area contributed by atoms with Crippen molar-refractivity contribution in [2.75, 3.05) is 14.2 Å². The molecule has 1 aromatic heterocycles. The van der Waals surface area contributed by atoms with Crippen molar-refractivity contribution in [2.24, 2.45) is 5.92 Å². The Morgan fingerprint density at radius 3 is 2.80 bits per heavy atom. The molecule has 108 valence electrons. The molecule has 0 amide bonds. The number of carbonyl (C=O) groups is 2. The number of hydrogen-bond donors (Lipinski definition) is 1. The SMILES string of the molecule is COC(=O)/C=C/[C@H]1C[C@H](C(=O)OC)N[C@@H]1c1cccs1. The Bertz CT molecular complexity index is 497. The molecular formula is C14H17NO4S. The zero-order valence-corrected chi connectivity index (χ0v) is 12.2. The first-order chi connectivity index (χ1) is 9.65. The number of thiophene rings is 1. The average Bonchev–Trinajstić information content (AvgIpc) is 3.12. The largest absolute Gasteiger partial charge is 0.468 e. The summed E-state index contributed by atoms with van der Waals surface area (Å²) in [7, 11) is 2.72. The van der Waals surface area contributed by atoms with Crippen LogP contribution in [0.3, 0.4) is 0 Å². The first-order valence-corrected chi connectivity index (χ1v) is 7.17. The first-order valence-electron chi connectivity index (χ1n) is 6.29. The molecule has 3 atom stereocenters.